The number of amides is 1. The standard InChI is InChI=1S/C24H31F3N6O3S/c1-16(2)33-17(3)23(34)30(4)21-14-28-22(13-20(21)33)29-18-6-5-7-19(12-18)37(35,36)32-10-8-31(9-11-32)15-24(25,26)27/h5-7,12-14,16-17H,8-11,15H2,1-4H3,(H,28,29). The third-order valence-electron chi connectivity index (χ3n) is 6.64. The highest BCUT2D eigenvalue weighted by atomic mass is 32.2. The Morgan fingerprint density at radius 2 is 1.78 bits per heavy atom. The van der Waals surface area contributed by atoms with Crippen molar-refractivity contribution in [3.8, 4) is 0 Å². The van der Waals surface area contributed by atoms with Crippen molar-refractivity contribution in [1.29, 1.82) is 0 Å². The van der Waals surface area contributed by atoms with Gasteiger partial charge in [0.15, 0.2) is 0 Å². The zero-order chi connectivity index (χ0) is 27.1. The summed E-state index contributed by atoms with van der Waals surface area (Å²) in [6.07, 6.45) is -2.71. The molecule has 2 aromatic rings. The van der Waals surface area contributed by atoms with Gasteiger partial charge in [0.1, 0.15) is 11.9 Å². The fourth-order valence-electron chi connectivity index (χ4n) is 4.84. The van der Waals surface area contributed by atoms with Crippen LogP contribution >= 0.6 is 0 Å². The molecule has 0 aliphatic carbocycles. The molecule has 202 valence electrons. The number of nitrogens with zero attached hydrogens (tertiary/aromatic N) is 5. The van der Waals surface area contributed by atoms with Gasteiger partial charge in [0.05, 0.1) is 29.0 Å². The molecule has 37 heavy (non-hydrogen) atoms. The third kappa shape index (κ3) is 5.68. The molecular formula is C24H31F3N6O3S. The first-order valence-corrected chi connectivity index (χ1v) is 13.4. The van der Waals surface area contributed by atoms with E-state index in [2.05, 4.69) is 10.3 Å². The van der Waals surface area contributed by atoms with Gasteiger partial charge in [-0.05, 0) is 39.0 Å². The summed E-state index contributed by atoms with van der Waals surface area (Å²) in [4.78, 5) is 21.9. The van der Waals surface area contributed by atoms with Crippen LogP contribution in [0.4, 0.5) is 36.1 Å². The predicted molar refractivity (Wildman–Crippen MR) is 136 cm³/mol. The largest absolute Gasteiger partial charge is 0.401 e. The average molecular weight is 541 g/mol. The summed E-state index contributed by atoms with van der Waals surface area (Å²) in [6, 6.07) is 7.80. The second kappa shape index (κ2) is 10.1. The van der Waals surface area contributed by atoms with E-state index in [-0.39, 0.29) is 49.1 Å². The quantitative estimate of drug-likeness (QED) is 0.602. The van der Waals surface area contributed by atoms with E-state index in [1.807, 2.05) is 31.7 Å². The van der Waals surface area contributed by atoms with Gasteiger partial charge in [-0.25, -0.2) is 13.4 Å². The Bertz CT molecular complexity index is 1260. The highest BCUT2D eigenvalue weighted by Gasteiger charge is 2.36. The number of carbonyl (C=O) groups is 1. The number of likely N-dealkylation sites (N-methyl/N-ethyl adjacent to an activating group) is 1. The molecule has 13 heteroatoms. The van der Waals surface area contributed by atoms with Gasteiger partial charge in [0, 0.05) is 51.0 Å². The number of pyridine rings is 1. The number of halogens is 3. The first-order chi connectivity index (χ1) is 17.3. The Morgan fingerprint density at radius 3 is 2.41 bits per heavy atom. The molecule has 1 fully saturated rings. The fraction of sp³-hybridized carbons (Fsp3) is 0.500. The maximum atomic E-state index is 13.2. The van der Waals surface area contributed by atoms with Crippen LogP contribution in [0.15, 0.2) is 41.4 Å². The lowest BCUT2D eigenvalue weighted by atomic mass is 10.1. The Kier molecular flexibility index (Phi) is 7.41. The van der Waals surface area contributed by atoms with Crippen molar-refractivity contribution in [2.24, 2.45) is 0 Å². The van der Waals surface area contributed by atoms with Crippen LogP contribution in [0.3, 0.4) is 0 Å². The van der Waals surface area contributed by atoms with E-state index in [0.29, 0.717) is 17.2 Å². The third-order valence-corrected chi connectivity index (χ3v) is 8.54. The lowest BCUT2D eigenvalue weighted by Crippen LogP contribution is -2.53. The molecule has 2 aliphatic heterocycles. The number of hydrogen-bond donors (Lipinski definition) is 1. The number of sulfonamides is 1. The van der Waals surface area contributed by atoms with Crippen molar-refractivity contribution < 1.29 is 26.4 Å². The van der Waals surface area contributed by atoms with E-state index < -0.39 is 22.7 Å². The van der Waals surface area contributed by atoms with Gasteiger partial charge >= 0.3 is 6.18 Å². The van der Waals surface area contributed by atoms with Crippen molar-refractivity contribution in [3.63, 3.8) is 0 Å². The first kappa shape index (κ1) is 27.1. The maximum absolute atomic E-state index is 13.2. The molecule has 1 aromatic heterocycles. The molecule has 1 atom stereocenters. The number of anilines is 4. The number of hydrogen-bond acceptors (Lipinski definition) is 7. The lowest BCUT2D eigenvalue weighted by molar-refractivity contribution is -0.148. The Hall–Kier alpha value is -2.90. The van der Waals surface area contributed by atoms with Gasteiger partial charge < -0.3 is 15.1 Å². The van der Waals surface area contributed by atoms with Crippen LogP contribution in [0.2, 0.25) is 0 Å². The molecule has 0 radical (unpaired) electrons. The molecule has 0 bridgehead atoms. The highest BCUT2D eigenvalue weighted by Crippen LogP contribution is 2.38. The van der Waals surface area contributed by atoms with Crippen LogP contribution in [0.25, 0.3) is 0 Å². The topological polar surface area (TPSA) is 89.1 Å². The number of aromatic nitrogens is 1. The molecule has 0 saturated carbocycles. The summed E-state index contributed by atoms with van der Waals surface area (Å²) >= 11 is 0. The van der Waals surface area contributed by atoms with Crippen LogP contribution in [0.5, 0.6) is 0 Å². The van der Waals surface area contributed by atoms with Gasteiger partial charge in [-0.1, -0.05) is 6.07 Å². The van der Waals surface area contributed by atoms with Gasteiger partial charge in [0.25, 0.3) is 0 Å². The first-order valence-electron chi connectivity index (χ1n) is 12.0. The summed E-state index contributed by atoms with van der Waals surface area (Å²) < 4.78 is 65.6. The van der Waals surface area contributed by atoms with Crippen molar-refractivity contribution >= 4 is 38.8 Å². The van der Waals surface area contributed by atoms with E-state index in [1.165, 1.54) is 21.3 Å². The van der Waals surface area contributed by atoms with Crippen molar-refractivity contribution in [2.45, 2.75) is 43.9 Å². The van der Waals surface area contributed by atoms with Gasteiger partial charge in [0.2, 0.25) is 15.9 Å². The molecule has 1 amide bonds. The average Bonchev–Trinajstić information content (AvgIpc) is 2.82. The van der Waals surface area contributed by atoms with Crippen molar-refractivity contribution in [3.05, 3.63) is 36.5 Å². The smallest absolute Gasteiger partial charge is 0.355 e. The van der Waals surface area contributed by atoms with E-state index in [1.54, 1.807) is 30.3 Å². The number of fused-ring (bicyclic) bond motifs is 1. The number of carbonyl (C=O) groups excluding carboxylic acids is 1. The van der Waals surface area contributed by atoms with Gasteiger partial charge in [-0.2, -0.15) is 17.5 Å². The maximum Gasteiger partial charge on any atom is 0.401 e. The van der Waals surface area contributed by atoms with Crippen LogP contribution in [0, 0.1) is 0 Å². The SMILES string of the molecule is CC(C)N1c2cc(Nc3cccc(S(=O)(=O)N4CCN(CC(F)(F)F)CC4)c3)ncc2N(C)C(=O)C1C. The summed E-state index contributed by atoms with van der Waals surface area (Å²) in [5.41, 5.74) is 2.01. The molecule has 3 heterocycles. The Labute approximate surface area is 214 Å². The Balaban J connectivity index is 1.53. The molecule has 1 aromatic carbocycles. The molecule has 9 nitrogen and oxygen atoms in total. The van der Waals surface area contributed by atoms with E-state index in [0.717, 1.165) is 5.69 Å². The molecule has 2 aliphatic rings. The van der Waals surface area contributed by atoms with Crippen LogP contribution in [-0.4, -0.2) is 86.5 Å². The summed E-state index contributed by atoms with van der Waals surface area (Å²) in [5, 5.41) is 3.15. The summed E-state index contributed by atoms with van der Waals surface area (Å²) in [7, 11) is -2.18. The molecule has 0 spiro atoms. The van der Waals surface area contributed by atoms with Crippen molar-refractivity contribution in [1.82, 2.24) is 14.2 Å². The number of benzene rings is 1. The zero-order valence-electron chi connectivity index (χ0n) is 21.2. The summed E-state index contributed by atoms with van der Waals surface area (Å²) in [5.74, 6) is 0.454. The number of nitrogens with one attached hydrogen (secondary N) is 1. The fourth-order valence-corrected chi connectivity index (χ4v) is 6.30. The predicted octanol–water partition coefficient (Wildman–Crippen LogP) is 3.27. The monoisotopic (exact) mass is 540 g/mol. The summed E-state index contributed by atoms with van der Waals surface area (Å²) in [6.45, 7) is 4.80. The lowest BCUT2D eigenvalue weighted by Gasteiger charge is -2.42. The minimum atomic E-state index is -4.32. The second-order valence-corrected chi connectivity index (χ2v) is 11.5. The molecule has 1 N–H and O–H groups in total. The molecule has 1 saturated heterocycles. The van der Waals surface area contributed by atoms with Crippen molar-refractivity contribution in [2.75, 3.05) is 54.9 Å². The number of rotatable bonds is 6. The molecular weight excluding hydrogens is 509 g/mol. The van der Waals surface area contributed by atoms with Gasteiger partial charge in [-0.15, -0.1) is 0 Å². The van der Waals surface area contributed by atoms with Crippen LogP contribution in [-0.2, 0) is 14.8 Å². The minimum Gasteiger partial charge on any atom is -0.355 e. The van der Waals surface area contributed by atoms with Crippen LogP contribution in [0.1, 0.15) is 20.8 Å². The zero-order valence-corrected chi connectivity index (χ0v) is 22.0. The van der Waals surface area contributed by atoms with Crippen LogP contribution < -0.4 is 15.1 Å². The van der Waals surface area contributed by atoms with E-state index in [4.69, 9.17) is 0 Å². The molecule has 1 unspecified atom stereocenters. The second-order valence-electron chi connectivity index (χ2n) is 9.58. The highest BCUT2D eigenvalue weighted by molar-refractivity contribution is 7.89. The normalized spacial score (nSPS) is 19.9. The number of piperazine rings is 1. The van der Waals surface area contributed by atoms with E-state index >= 15 is 0 Å². The molecule has 4 rings (SSSR count). The number of alkyl halides is 3. The van der Waals surface area contributed by atoms with E-state index in [9.17, 15) is 26.4 Å². The van der Waals surface area contributed by atoms with Gasteiger partial charge in [-0.3, -0.25) is 9.69 Å². The Morgan fingerprint density at radius 1 is 1.11 bits per heavy atom. The minimum absolute atomic E-state index is 0.0114.